The number of ether oxygens (including phenoxy) is 1. The van der Waals surface area contributed by atoms with Gasteiger partial charge < -0.3 is 4.74 Å². The summed E-state index contributed by atoms with van der Waals surface area (Å²) in [7, 11) is -3.87. The number of esters is 1. The van der Waals surface area contributed by atoms with Gasteiger partial charge in [0, 0.05) is 26.7 Å². The number of aromatic nitrogens is 1. The molecule has 10 heteroatoms. The number of nitrogens with one attached hydrogen (secondary N) is 1. The van der Waals surface area contributed by atoms with E-state index in [-0.39, 0.29) is 6.61 Å². The Morgan fingerprint density at radius 1 is 1.31 bits per heavy atom. The second-order valence-corrected chi connectivity index (χ2v) is 10.1. The second-order valence-electron chi connectivity index (χ2n) is 6.89. The van der Waals surface area contributed by atoms with Crippen molar-refractivity contribution in [2.24, 2.45) is 4.40 Å². The minimum absolute atomic E-state index is 0.255. The Hall–Kier alpha value is -1.75. The van der Waals surface area contributed by atoms with E-state index in [4.69, 9.17) is 4.74 Å². The summed E-state index contributed by atoms with van der Waals surface area (Å²) >= 11 is 4.65. The van der Waals surface area contributed by atoms with E-state index >= 15 is 0 Å². The van der Waals surface area contributed by atoms with Crippen molar-refractivity contribution in [2.45, 2.75) is 43.2 Å². The molecule has 0 bridgehead atoms. The summed E-state index contributed by atoms with van der Waals surface area (Å²) in [5, 5.41) is 0.453. The van der Waals surface area contributed by atoms with Gasteiger partial charge in [-0.2, -0.15) is 17.5 Å². The monoisotopic (exact) mass is 499 g/mol. The number of halogens is 1. The van der Waals surface area contributed by atoms with Crippen LogP contribution in [0.4, 0.5) is 0 Å². The Morgan fingerprint density at radius 3 is 2.69 bits per heavy atom. The molecule has 0 spiro atoms. The highest BCUT2D eigenvalue weighted by molar-refractivity contribution is 9.10. The lowest BCUT2D eigenvalue weighted by Crippen LogP contribution is -2.39. The minimum atomic E-state index is -3.87. The van der Waals surface area contributed by atoms with Gasteiger partial charge in [-0.1, -0.05) is 33.8 Å². The maximum absolute atomic E-state index is 12.2. The van der Waals surface area contributed by atoms with Crippen LogP contribution in [-0.4, -0.2) is 37.7 Å². The lowest BCUT2D eigenvalue weighted by atomic mass is 10.1. The van der Waals surface area contributed by atoms with E-state index in [1.54, 1.807) is 64.2 Å². The molecule has 7 nitrogen and oxygen atoms in total. The number of benzene rings is 1. The van der Waals surface area contributed by atoms with Crippen LogP contribution in [0.5, 0.6) is 0 Å². The molecule has 0 atom stereocenters. The first-order chi connectivity index (χ1) is 13.5. The van der Waals surface area contributed by atoms with Crippen molar-refractivity contribution in [3.63, 3.8) is 0 Å². The fourth-order valence-corrected chi connectivity index (χ4v) is 4.88. The van der Waals surface area contributed by atoms with E-state index in [9.17, 15) is 13.2 Å². The highest BCUT2D eigenvalue weighted by atomic mass is 79.9. The van der Waals surface area contributed by atoms with E-state index < -0.39 is 21.7 Å². The van der Waals surface area contributed by atoms with E-state index in [1.165, 1.54) is 18.0 Å². The zero-order valence-corrected chi connectivity index (χ0v) is 19.7. The standard InChI is InChI=1S/C19H22BrN3O4S2/c1-5-27-18(24)13-8-7-11-21-17(13)28-16-10-6-9-15(20)14(16)12-22-29(25,26)23-19(2,3)4/h6-12,23H,5H2,1-4H3/b22-12+. The summed E-state index contributed by atoms with van der Waals surface area (Å²) in [5.41, 5.74) is 0.242. The molecule has 1 heterocycles. The second kappa shape index (κ2) is 9.84. The van der Waals surface area contributed by atoms with Crippen LogP contribution in [0, 0.1) is 0 Å². The Labute approximate surface area is 183 Å². The van der Waals surface area contributed by atoms with Gasteiger partial charge in [-0.05, 0) is 52.0 Å². The third kappa shape index (κ3) is 7.22. The molecule has 0 saturated carbocycles. The Morgan fingerprint density at radius 2 is 2.03 bits per heavy atom. The smallest absolute Gasteiger partial charge is 0.340 e. The molecule has 0 aliphatic rings. The number of hydrogen-bond acceptors (Lipinski definition) is 6. The lowest BCUT2D eigenvalue weighted by molar-refractivity contribution is 0.0521. The van der Waals surface area contributed by atoms with Crippen LogP contribution < -0.4 is 4.72 Å². The average molecular weight is 500 g/mol. The molecule has 0 aliphatic carbocycles. The zero-order valence-electron chi connectivity index (χ0n) is 16.5. The molecule has 0 aliphatic heterocycles. The summed E-state index contributed by atoms with van der Waals surface area (Å²) < 4.78 is 36.4. The molecule has 1 N–H and O–H groups in total. The molecule has 156 valence electrons. The van der Waals surface area contributed by atoms with Gasteiger partial charge in [0.2, 0.25) is 0 Å². The summed E-state index contributed by atoms with van der Waals surface area (Å²) in [6.45, 7) is 7.19. The topological polar surface area (TPSA) is 97.7 Å². The molecule has 1 aromatic heterocycles. The first-order valence-electron chi connectivity index (χ1n) is 8.70. The minimum Gasteiger partial charge on any atom is -0.462 e. The van der Waals surface area contributed by atoms with Crippen LogP contribution in [0.2, 0.25) is 0 Å². The van der Waals surface area contributed by atoms with Crippen LogP contribution in [-0.2, 0) is 14.9 Å². The van der Waals surface area contributed by atoms with E-state index in [0.29, 0.717) is 25.5 Å². The number of pyridine rings is 1. The lowest BCUT2D eigenvalue weighted by Gasteiger charge is -2.17. The molecular formula is C19H22BrN3O4S2. The third-order valence-electron chi connectivity index (χ3n) is 3.24. The van der Waals surface area contributed by atoms with Crippen LogP contribution in [0.25, 0.3) is 0 Å². The van der Waals surface area contributed by atoms with E-state index in [1.807, 2.05) is 0 Å². The Kier molecular flexibility index (Phi) is 7.98. The van der Waals surface area contributed by atoms with Crippen molar-refractivity contribution in [1.82, 2.24) is 9.71 Å². The van der Waals surface area contributed by atoms with E-state index in [2.05, 4.69) is 30.0 Å². The Bertz CT molecular complexity index is 1020. The van der Waals surface area contributed by atoms with E-state index in [0.717, 1.165) is 0 Å². The highest BCUT2D eigenvalue weighted by Gasteiger charge is 2.19. The summed E-state index contributed by atoms with van der Waals surface area (Å²) in [6, 6.07) is 8.67. The largest absolute Gasteiger partial charge is 0.462 e. The molecule has 0 saturated heterocycles. The number of hydrogen-bond donors (Lipinski definition) is 1. The van der Waals surface area contributed by atoms with Crippen molar-refractivity contribution < 1.29 is 17.9 Å². The van der Waals surface area contributed by atoms with Gasteiger partial charge in [0.05, 0.1) is 18.4 Å². The quantitative estimate of drug-likeness (QED) is 0.452. The summed E-state index contributed by atoms with van der Waals surface area (Å²) in [5.74, 6) is -0.467. The van der Waals surface area contributed by atoms with Gasteiger partial charge in [-0.25, -0.2) is 9.78 Å². The molecule has 0 unspecified atom stereocenters. The van der Waals surface area contributed by atoms with Crippen molar-refractivity contribution in [3.8, 4) is 0 Å². The molecule has 2 rings (SSSR count). The Balaban J connectivity index is 2.40. The average Bonchev–Trinajstić information content (AvgIpc) is 2.60. The molecule has 0 radical (unpaired) electrons. The van der Waals surface area contributed by atoms with Gasteiger partial charge in [0.15, 0.2) is 0 Å². The highest BCUT2D eigenvalue weighted by Crippen LogP contribution is 2.34. The molecular weight excluding hydrogens is 478 g/mol. The van der Waals surface area contributed by atoms with Crippen molar-refractivity contribution in [3.05, 3.63) is 52.1 Å². The van der Waals surface area contributed by atoms with Gasteiger partial charge in [0.25, 0.3) is 0 Å². The summed E-state index contributed by atoms with van der Waals surface area (Å²) in [4.78, 5) is 17.2. The van der Waals surface area contributed by atoms with Gasteiger partial charge in [-0.15, -0.1) is 0 Å². The number of nitrogens with zero attached hydrogens (tertiary/aromatic N) is 2. The van der Waals surface area contributed by atoms with Gasteiger partial charge >= 0.3 is 16.2 Å². The molecule has 0 amide bonds. The van der Waals surface area contributed by atoms with Crippen molar-refractivity contribution in [1.29, 1.82) is 0 Å². The SMILES string of the molecule is CCOC(=O)c1cccnc1Sc1cccc(Br)c1/C=N/S(=O)(=O)NC(C)(C)C. The molecule has 29 heavy (non-hydrogen) atoms. The first kappa shape index (κ1) is 23.5. The van der Waals surface area contributed by atoms with Crippen molar-refractivity contribution in [2.75, 3.05) is 6.61 Å². The molecule has 2 aromatic rings. The maximum atomic E-state index is 12.2. The van der Waals surface area contributed by atoms with Gasteiger partial charge in [0.1, 0.15) is 5.03 Å². The number of rotatable bonds is 7. The van der Waals surface area contributed by atoms with Crippen LogP contribution in [0.3, 0.4) is 0 Å². The van der Waals surface area contributed by atoms with Gasteiger partial charge in [-0.3, -0.25) is 0 Å². The number of carbonyl (C=O) groups excluding carboxylic acids is 1. The fraction of sp³-hybridized carbons (Fsp3) is 0.316. The predicted molar refractivity (Wildman–Crippen MR) is 118 cm³/mol. The zero-order chi connectivity index (χ0) is 21.7. The molecule has 0 fully saturated rings. The number of carbonyl (C=O) groups is 1. The predicted octanol–water partition coefficient (Wildman–Crippen LogP) is 4.22. The first-order valence-corrected chi connectivity index (χ1v) is 11.7. The fourth-order valence-electron chi connectivity index (χ4n) is 2.21. The van der Waals surface area contributed by atoms with Crippen molar-refractivity contribution >= 4 is 50.1 Å². The van der Waals surface area contributed by atoms with Crippen LogP contribution in [0.1, 0.15) is 43.6 Å². The maximum Gasteiger partial charge on any atom is 0.340 e. The summed E-state index contributed by atoms with van der Waals surface area (Å²) in [6.07, 6.45) is 2.85. The van der Waals surface area contributed by atoms with Crippen LogP contribution in [0.15, 0.2) is 55.3 Å². The van der Waals surface area contributed by atoms with Crippen LogP contribution >= 0.6 is 27.7 Å². The molecule has 1 aromatic carbocycles. The third-order valence-corrected chi connectivity index (χ3v) is 6.28. The normalized spacial score (nSPS) is 12.3.